The number of amides is 2. The lowest BCUT2D eigenvalue weighted by molar-refractivity contribution is 0.250. The second kappa shape index (κ2) is 6.82. The van der Waals surface area contributed by atoms with E-state index in [0.29, 0.717) is 23.7 Å². The second-order valence-electron chi connectivity index (χ2n) is 5.74. The Hall–Kier alpha value is -2.06. The van der Waals surface area contributed by atoms with Crippen LogP contribution in [0.1, 0.15) is 6.42 Å². The molecule has 2 amide bonds. The first-order chi connectivity index (χ1) is 11.4. The van der Waals surface area contributed by atoms with Crippen LogP contribution in [0.3, 0.4) is 0 Å². The third kappa shape index (κ3) is 4.07. The lowest BCUT2D eigenvalue weighted by Gasteiger charge is -2.12. The Morgan fingerprint density at radius 3 is 2.88 bits per heavy atom. The molecule has 2 aromatic rings. The molecule has 0 radical (unpaired) electrons. The fraction of sp³-hybridized carbons (Fsp3) is 0.333. The number of benzene rings is 1. The number of urea groups is 1. The van der Waals surface area contributed by atoms with Crippen LogP contribution in [0.25, 0.3) is 5.69 Å². The van der Waals surface area contributed by atoms with Gasteiger partial charge in [-0.05, 0) is 30.5 Å². The predicted molar refractivity (Wildman–Crippen MR) is 92.4 cm³/mol. The minimum atomic E-state index is -2.93. The highest BCUT2D eigenvalue weighted by Gasteiger charge is 2.27. The predicted octanol–water partition coefficient (Wildman–Crippen LogP) is 2.08. The Kier molecular flexibility index (Phi) is 4.77. The van der Waals surface area contributed by atoms with Gasteiger partial charge in [-0.15, -0.1) is 0 Å². The average molecular weight is 369 g/mol. The van der Waals surface area contributed by atoms with Gasteiger partial charge in [0.25, 0.3) is 0 Å². The Morgan fingerprint density at radius 1 is 1.42 bits per heavy atom. The summed E-state index contributed by atoms with van der Waals surface area (Å²) in [5.41, 5.74) is 1.32. The van der Waals surface area contributed by atoms with Crippen LogP contribution in [0.5, 0.6) is 0 Å². The zero-order valence-corrected chi connectivity index (χ0v) is 14.3. The summed E-state index contributed by atoms with van der Waals surface area (Å²) in [7, 11) is -2.93. The van der Waals surface area contributed by atoms with E-state index in [0.717, 1.165) is 5.69 Å². The van der Waals surface area contributed by atoms with Crippen molar-refractivity contribution in [3.8, 4) is 5.69 Å². The van der Waals surface area contributed by atoms with Gasteiger partial charge in [-0.1, -0.05) is 11.6 Å². The number of nitrogens with one attached hydrogen (secondary N) is 2. The average Bonchev–Trinajstić information content (AvgIpc) is 3.15. The van der Waals surface area contributed by atoms with Crippen molar-refractivity contribution in [3.05, 3.63) is 41.9 Å². The van der Waals surface area contributed by atoms with Gasteiger partial charge in [0.1, 0.15) is 0 Å². The zero-order chi connectivity index (χ0) is 17.2. The number of hydrogen-bond acceptors (Lipinski definition) is 4. The molecule has 1 aromatic heterocycles. The molecule has 0 saturated carbocycles. The highest BCUT2D eigenvalue weighted by atomic mass is 35.5. The van der Waals surface area contributed by atoms with E-state index in [4.69, 9.17) is 11.6 Å². The van der Waals surface area contributed by atoms with Gasteiger partial charge < -0.3 is 15.2 Å². The number of halogens is 1. The van der Waals surface area contributed by atoms with E-state index in [9.17, 15) is 13.2 Å². The van der Waals surface area contributed by atoms with E-state index in [1.54, 1.807) is 41.5 Å². The number of sulfone groups is 1. The van der Waals surface area contributed by atoms with Crippen molar-refractivity contribution in [1.82, 2.24) is 14.9 Å². The van der Waals surface area contributed by atoms with Crippen molar-refractivity contribution in [3.63, 3.8) is 0 Å². The summed E-state index contributed by atoms with van der Waals surface area (Å²) in [6, 6.07) is 4.78. The molecular weight excluding hydrogens is 352 g/mol. The monoisotopic (exact) mass is 368 g/mol. The van der Waals surface area contributed by atoms with Crippen molar-refractivity contribution >= 4 is 33.2 Å². The highest BCUT2D eigenvalue weighted by Crippen LogP contribution is 2.24. The molecule has 0 unspecified atom stereocenters. The smallest absolute Gasteiger partial charge is 0.319 e. The quantitative estimate of drug-likeness (QED) is 0.864. The first-order valence-electron chi connectivity index (χ1n) is 7.46. The van der Waals surface area contributed by atoms with Crippen LogP contribution in [-0.4, -0.2) is 42.1 Å². The van der Waals surface area contributed by atoms with Crippen molar-refractivity contribution in [1.29, 1.82) is 0 Å². The van der Waals surface area contributed by atoms with Gasteiger partial charge >= 0.3 is 6.03 Å². The summed E-state index contributed by atoms with van der Waals surface area (Å²) in [6.45, 7) is 0.339. The minimum absolute atomic E-state index is 0.0204. The summed E-state index contributed by atoms with van der Waals surface area (Å²) in [5, 5.41) is 5.87. The lowest BCUT2D eigenvalue weighted by atomic mass is 10.1. The molecule has 3 rings (SSSR count). The summed E-state index contributed by atoms with van der Waals surface area (Å²) in [6.07, 6.45) is 5.65. The molecule has 1 aliphatic heterocycles. The molecule has 1 fully saturated rings. The summed E-state index contributed by atoms with van der Waals surface area (Å²) in [4.78, 5) is 15.9. The molecule has 1 saturated heterocycles. The largest absolute Gasteiger partial charge is 0.338 e. The highest BCUT2D eigenvalue weighted by molar-refractivity contribution is 7.91. The number of imidazole rings is 1. The fourth-order valence-electron chi connectivity index (χ4n) is 2.64. The number of nitrogens with zero attached hydrogens (tertiary/aromatic N) is 2. The van der Waals surface area contributed by atoms with Crippen LogP contribution >= 0.6 is 11.6 Å². The molecule has 1 aromatic carbocycles. The Labute approximate surface area is 145 Å². The normalized spacial score (nSPS) is 19.1. The van der Waals surface area contributed by atoms with Gasteiger partial charge in [0.2, 0.25) is 0 Å². The summed E-state index contributed by atoms with van der Waals surface area (Å²) >= 11 is 6.23. The third-order valence-corrected chi connectivity index (χ3v) is 6.01. The molecule has 2 heterocycles. The van der Waals surface area contributed by atoms with Crippen LogP contribution in [0.15, 0.2) is 36.9 Å². The molecule has 1 atom stereocenters. The van der Waals surface area contributed by atoms with Crippen molar-refractivity contribution in [2.75, 3.05) is 23.4 Å². The molecule has 9 heteroatoms. The van der Waals surface area contributed by atoms with Gasteiger partial charge in [-0.2, -0.15) is 0 Å². The van der Waals surface area contributed by atoms with Gasteiger partial charge in [-0.25, -0.2) is 18.2 Å². The van der Waals surface area contributed by atoms with E-state index in [-0.39, 0.29) is 23.5 Å². The van der Waals surface area contributed by atoms with Gasteiger partial charge in [-0.3, -0.25) is 0 Å². The third-order valence-electron chi connectivity index (χ3n) is 3.87. The number of carbonyl (C=O) groups excluding carboxylic acids is 1. The standard InChI is InChI=1S/C15H17ClN4O3S/c16-13-7-12(1-2-14(13)20-5-4-17-10-20)19-15(21)18-8-11-3-6-24(22,23)9-11/h1-2,4-5,7,10-11H,3,6,8-9H2,(H2,18,19,21)/t11-/m0/s1. The number of carbonyl (C=O) groups is 1. The fourth-order valence-corrected chi connectivity index (χ4v) is 4.78. The Balaban J connectivity index is 1.56. The summed E-state index contributed by atoms with van der Waals surface area (Å²) < 4.78 is 24.6. The molecular formula is C15H17ClN4O3S. The van der Waals surface area contributed by atoms with Gasteiger partial charge in [0, 0.05) is 24.6 Å². The van der Waals surface area contributed by atoms with Crippen LogP contribution in [0, 0.1) is 5.92 Å². The SMILES string of the molecule is O=C(NC[C@@H]1CCS(=O)(=O)C1)Nc1ccc(-n2ccnc2)c(Cl)c1. The maximum Gasteiger partial charge on any atom is 0.319 e. The molecule has 24 heavy (non-hydrogen) atoms. The topological polar surface area (TPSA) is 93.1 Å². The van der Waals surface area contributed by atoms with Crippen LogP contribution < -0.4 is 10.6 Å². The van der Waals surface area contributed by atoms with Crippen molar-refractivity contribution < 1.29 is 13.2 Å². The maximum absolute atomic E-state index is 11.9. The molecule has 0 bridgehead atoms. The molecule has 7 nitrogen and oxygen atoms in total. The van der Waals surface area contributed by atoms with Crippen molar-refractivity contribution in [2.45, 2.75) is 6.42 Å². The maximum atomic E-state index is 11.9. The molecule has 1 aliphatic rings. The molecule has 2 N–H and O–H groups in total. The van der Waals surface area contributed by atoms with E-state index in [1.807, 2.05) is 0 Å². The van der Waals surface area contributed by atoms with E-state index in [1.165, 1.54) is 0 Å². The van der Waals surface area contributed by atoms with Crippen LogP contribution in [0.2, 0.25) is 5.02 Å². The number of rotatable bonds is 4. The van der Waals surface area contributed by atoms with E-state index >= 15 is 0 Å². The molecule has 128 valence electrons. The zero-order valence-electron chi connectivity index (χ0n) is 12.8. The van der Waals surface area contributed by atoms with Crippen LogP contribution in [-0.2, 0) is 9.84 Å². The first kappa shape index (κ1) is 16.8. The first-order valence-corrected chi connectivity index (χ1v) is 9.66. The van der Waals surface area contributed by atoms with E-state index in [2.05, 4.69) is 15.6 Å². The van der Waals surface area contributed by atoms with Gasteiger partial charge in [0.15, 0.2) is 9.84 Å². The number of hydrogen-bond donors (Lipinski definition) is 2. The molecule has 0 spiro atoms. The second-order valence-corrected chi connectivity index (χ2v) is 8.38. The minimum Gasteiger partial charge on any atom is -0.338 e. The number of anilines is 1. The number of aromatic nitrogens is 2. The lowest BCUT2D eigenvalue weighted by Crippen LogP contribution is -2.33. The van der Waals surface area contributed by atoms with Gasteiger partial charge in [0.05, 0.1) is 28.5 Å². The Morgan fingerprint density at radius 2 is 2.25 bits per heavy atom. The summed E-state index contributed by atoms with van der Waals surface area (Å²) in [5.74, 6) is 0.318. The van der Waals surface area contributed by atoms with E-state index < -0.39 is 9.84 Å². The Bertz CT molecular complexity index is 836. The molecule has 0 aliphatic carbocycles. The van der Waals surface area contributed by atoms with Crippen LogP contribution in [0.4, 0.5) is 10.5 Å². The van der Waals surface area contributed by atoms with Crippen molar-refractivity contribution in [2.24, 2.45) is 5.92 Å².